The molecule has 2 atom stereocenters. The van der Waals surface area contributed by atoms with Gasteiger partial charge in [0.25, 0.3) is 0 Å². The van der Waals surface area contributed by atoms with E-state index >= 15 is 0 Å². The summed E-state index contributed by atoms with van der Waals surface area (Å²) in [6, 6.07) is 1.84. The largest absolute Gasteiger partial charge is 0.292 e. The second kappa shape index (κ2) is 3.91. The van der Waals surface area contributed by atoms with Gasteiger partial charge in [0.2, 0.25) is 0 Å². The Balaban J connectivity index is 1.76. The number of thioether (sulfide) groups is 1. The standard InChI is InChI=1S/C12H16N2OS/c1-14-5-4-11(13-14)12(15)8-6-9-2-3-10(7-8)16-9/h4-5,8-10H,2-3,6-7H2,1H3. The molecule has 2 unspecified atom stereocenters. The highest BCUT2D eigenvalue weighted by Gasteiger charge is 2.38. The molecule has 0 saturated carbocycles. The number of hydrogen-bond donors (Lipinski definition) is 0. The number of Topliss-reactive ketones (excluding diaryl/α,β-unsaturated/α-hetero) is 1. The van der Waals surface area contributed by atoms with Crippen LogP contribution in [0.3, 0.4) is 0 Å². The predicted octanol–water partition coefficient (Wildman–Crippen LogP) is 2.28. The Bertz CT molecular complexity index is 403. The maximum atomic E-state index is 12.2. The summed E-state index contributed by atoms with van der Waals surface area (Å²) < 4.78 is 1.71. The van der Waals surface area contributed by atoms with Crippen LogP contribution in [0, 0.1) is 5.92 Å². The van der Waals surface area contributed by atoms with Crippen LogP contribution in [0.15, 0.2) is 12.3 Å². The van der Waals surface area contributed by atoms with Crippen LogP contribution in [-0.4, -0.2) is 26.1 Å². The van der Waals surface area contributed by atoms with Crippen LogP contribution in [0.4, 0.5) is 0 Å². The highest BCUT2D eigenvalue weighted by atomic mass is 32.2. The normalized spacial score (nSPS) is 32.9. The molecule has 86 valence electrons. The van der Waals surface area contributed by atoms with Crippen molar-refractivity contribution in [3.8, 4) is 0 Å². The van der Waals surface area contributed by atoms with E-state index in [-0.39, 0.29) is 11.7 Å². The van der Waals surface area contributed by atoms with Gasteiger partial charge in [0, 0.05) is 29.7 Å². The van der Waals surface area contributed by atoms with Crippen molar-refractivity contribution in [3.05, 3.63) is 18.0 Å². The first-order valence-corrected chi connectivity index (χ1v) is 6.86. The maximum Gasteiger partial charge on any atom is 0.186 e. The zero-order valence-electron chi connectivity index (χ0n) is 9.43. The van der Waals surface area contributed by atoms with Gasteiger partial charge < -0.3 is 0 Å². The predicted molar refractivity (Wildman–Crippen MR) is 64.7 cm³/mol. The van der Waals surface area contributed by atoms with Crippen molar-refractivity contribution in [1.82, 2.24) is 9.78 Å². The minimum absolute atomic E-state index is 0.230. The molecule has 1 aromatic heterocycles. The third-order valence-electron chi connectivity index (χ3n) is 3.63. The van der Waals surface area contributed by atoms with E-state index in [0.717, 1.165) is 23.3 Å². The van der Waals surface area contributed by atoms with Crippen LogP contribution in [0.5, 0.6) is 0 Å². The fourth-order valence-electron chi connectivity index (χ4n) is 2.83. The Morgan fingerprint density at radius 1 is 1.44 bits per heavy atom. The molecule has 3 nitrogen and oxygen atoms in total. The first-order chi connectivity index (χ1) is 7.72. The van der Waals surface area contributed by atoms with Crippen molar-refractivity contribution >= 4 is 17.5 Å². The lowest BCUT2D eigenvalue weighted by Gasteiger charge is -2.25. The topological polar surface area (TPSA) is 34.9 Å². The highest BCUT2D eigenvalue weighted by molar-refractivity contribution is 8.00. The number of aromatic nitrogens is 2. The summed E-state index contributed by atoms with van der Waals surface area (Å²) in [5.41, 5.74) is 0.652. The molecular weight excluding hydrogens is 220 g/mol. The first-order valence-electron chi connectivity index (χ1n) is 5.91. The zero-order valence-corrected chi connectivity index (χ0v) is 10.2. The minimum Gasteiger partial charge on any atom is -0.292 e. The molecule has 3 heterocycles. The number of fused-ring (bicyclic) bond motifs is 2. The maximum absolute atomic E-state index is 12.2. The lowest BCUT2D eigenvalue weighted by Crippen LogP contribution is -2.25. The molecule has 0 N–H and O–H groups in total. The number of nitrogens with zero attached hydrogens (tertiary/aromatic N) is 2. The van der Waals surface area contributed by atoms with E-state index in [1.165, 1.54) is 12.8 Å². The average molecular weight is 236 g/mol. The van der Waals surface area contributed by atoms with Crippen LogP contribution < -0.4 is 0 Å². The Morgan fingerprint density at radius 2 is 2.12 bits per heavy atom. The summed E-state index contributed by atoms with van der Waals surface area (Å²) in [5, 5.41) is 5.68. The Labute approximate surface area is 99.6 Å². The monoisotopic (exact) mass is 236 g/mol. The van der Waals surface area contributed by atoms with Gasteiger partial charge in [-0.15, -0.1) is 0 Å². The van der Waals surface area contributed by atoms with Crippen molar-refractivity contribution in [2.75, 3.05) is 0 Å². The molecule has 0 amide bonds. The van der Waals surface area contributed by atoms with Crippen molar-refractivity contribution < 1.29 is 4.79 Å². The summed E-state index contributed by atoms with van der Waals surface area (Å²) in [7, 11) is 1.86. The molecule has 0 radical (unpaired) electrons. The highest BCUT2D eigenvalue weighted by Crippen LogP contribution is 2.46. The molecule has 16 heavy (non-hydrogen) atoms. The SMILES string of the molecule is Cn1ccc(C(=O)C2CC3CCC(C2)S3)n1. The van der Waals surface area contributed by atoms with Gasteiger partial charge in [-0.25, -0.2) is 0 Å². The number of aryl methyl sites for hydroxylation is 1. The first kappa shape index (κ1) is 10.4. The Hall–Kier alpha value is -0.770. The van der Waals surface area contributed by atoms with Gasteiger partial charge in [-0.2, -0.15) is 16.9 Å². The van der Waals surface area contributed by atoms with Crippen molar-refractivity contribution in [2.24, 2.45) is 13.0 Å². The van der Waals surface area contributed by atoms with Crippen LogP contribution in [-0.2, 0) is 7.05 Å². The summed E-state index contributed by atoms with van der Waals surface area (Å²) >= 11 is 2.10. The molecular formula is C12H16N2OS. The van der Waals surface area contributed by atoms with Gasteiger partial charge in [-0.05, 0) is 31.7 Å². The molecule has 2 fully saturated rings. The molecule has 1 aromatic rings. The molecule has 0 spiro atoms. The summed E-state index contributed by atoms with van der Waals surface area (Å²) in [6.07, 6.45) is 6.59. The number of hydrogen-bond acceptors (Lipinski definition) is 3. The molecule has 2 aliphatic heterocycles. The fraction of sp³-hybridized carbons (Fsp3) is 0.667. The number of rotatable bonds is 2. The van der Waals surface area contributed by atoms with Crippen molar-refractivity contribution in [1.29, 1.82) is 0 Å². The third kappa shape index (κ3) is 1.79. The molecule has 2 saturated heterocycles. The van der Waals surface area contributed by atoms with Crippen LogP contribution in [0.25, 0.3) is 0 Å². The lowest BCUT2D eigenvalue weighted by molar-refractivity contribution is 0.0901. The average Bonchev–Trinajstić information content (AvgIpc) is 2.84. The second-order valence-corrected chi connectivity index (χ2v) is 6.47. The zero-order chi connectivity index (χ0) is 11.1. The molecule has 4 heteroatoms. The van der Waals surface area contributed by atoms with Gasteiger partial charge in [0.1, 0.15) is 5.69 Å². The fourth-order valence-corrected chi connectivity index (χ4v) is 4.60. The molecule has 0 aromatic carbocycles. The van der Waals surface area contributed by atoms with E-state index in [2.05, 4.69) is 16.9 Å². The van der Waals surface area contributed by atoms with Crippen LogP contribution in [0.2, 0.25) is 0 Å². The van der Waals surface area contributed by atoms with Gasteiger partial charge in [0.05, 0.1) is 0 Å². The summed E-state index contributed by atoms with van der Waals surface area (Å²) in [4.78, 5) is 12.2. The van der Waals surface area contributed by atoms with Crippen LogP contribution >= 0.6 is 11.8 Å². The molecule has 2 bridgehead atoms. The Morgan fingerprint density at radius 3 is 2.69 bits per heavy atom. The molecule has 0 aliphatic carbocycles. The van der Waals surface area contributed by atoms with E-state index < -0.39 is 0 Å². The third-order valence-corrected chi connectivity index (χ3v) is 5.25. The molecule has 2 aliphatic rings. The van der Waals surface area contributed by atoms with E-state index in [4.69, 9.17) is 0 Å². The summed E-state index contributed by atoms with van der Waals surface area (Å²) in [6.45, 7) is 0. The van der Waals surface area contributed by atoms with Gasteiger partial charge in [-0.1, -0.05) is 0 Å². The quantitative estimate of drug-likeness (QED) is 0.739. The van der Waals surface area contributed by atoms with E-state index in [1.807, 2.05) is 19.3 Å². The van der Waals surface area contributed by atoms with Gasteiger partial charge >= 0.3 is 0 Å². The number of ketones is 1. The van der Waals surface area contributed by atoms with Crippen molar-refractivity contribution in [2.45, 2.75) is 36.2 Å². The lowest BCUT2D eigenvalue weighted by atomic mass is 9.93. The van der Waals surface area contributed by atoms with E-state index in [9.17, 15) is 4.79 Å². The van der Waals surface area contributed by atoms with Gasteiger partial charge in [0.15, 0.2) is 5.78 Å². The number of carbonyl (C=O) groups is 1. The van der Waals surface area contributed by atoms with E-state index in [1.54, 1.807) is 4.68 Å². The van der Waals surface area contributed by atoms with Gasteiger partial charge in [-0.3, -0.25) is 9.48 Å². The second-order valence-electron chi connectivity index (χ2n) is 4.86. The minimum atomic E-state index is 0.230. The number of carbonyl (C=O) groups excluding carboxylic acids is 1. The molecule has 3 rings (SSSR count). The van der Waals surface area contributed by atoms with E-state index in [0.29, 0.717) is 5.69 Å². The smallest absolute Gasteiger partial charge is 0.186 e. The van der Waals surface area contributed by atoms with Crippen LogP contribution in [0.1, 0.15) is 36.2 Å². The Kier molecular flexibility index (Phi) is 2.54. The van der Waals surface area contributed by atoms with Crippen molar-refractivity contribution in [3.63, 3.8) is 0 Å². The summed E-state index contributed by atoms with van der Waals surface area (Å²) in [5.74, 6) is 0.492.